The van der Waals surface area contributed by atoms with Gasteiger partial charge in [0.2, 0.25) is 6.39 Å². The van der Waals surface area contributed by atoms with E-state index < -0.39 is 0 Å². The van der Waals surface area contributed by atoms with Crippen LogP contribution in [0.5, 0.6) is 0 Å². The Bertz CT molecular complexity index is 253. The maximum absolute atomic E-state index is 4.86. The molecule has 1 N–H and O–H groups in total. The smallest absolute Gasteiger partial charge is 0.283 e. The van der Waals surface area contributed by atoms with Crippen LogP contribution in [0.3, 0.4) is 0 Å². The first-order valence-corrected chi connectivity index (χ1v) is 2.73. The van der Waals surface area contributed by atoms with Crippen molar-refractivity contribution in [2.24, 2.45) is 0 Å². The zero-order valence-electron chi connectivity index (χ0n) is 4.98. The third-order valence-corrected chi connectivity index (χ3v) is 1.06. The number of H-pyrrole nitrogens is 1. The van der Waals surface area contributed by atoms with Crippen molar-refractivity contribution in [1.29, 1.82) is 0 Å². The van der Waals surface area contributed by atoms with Gasteiger partial charge in [-0.05, 0) is 0 Å². The van der Waals surface area contributed by atoms with E-state index in [-0.39, 0.29) is 0 Å². The Morgan fingerprint density at radius 1 is 1.50 bits per heavy atom. The van der Waals surface area contributed by atoms with E-state index in [9.17, 15) is 0 Å². The van der Waals surface area contributed by atoms with Gasteiger partial charge in [-0.2, -0.15) is 0 Å². The molecule has 50 valence electrons. The molecule has 2 aromatic heterocycles. The standard InChI is InChI=1S/C5H4N4O/c1-2-7-4(6-1)5-9-8-3-10-5/h1-3H,(H,6,7). The van der Waals surface area contributed by atoms with E-state index in [1.54, 1.807) is 12.4 Å². The molecule has 0 saturated carbocycles. The van der Waals surface area contributed by atoms with Gasteiger partial charge in [-0.3, -0.25) is 0 Å². The molecule has 10 heavy (non-hydrogen) atoms. The normalized spacial score (nSPS) is 10.0. The molecule has 5 nitrogen and oxygen atoms in total. The van der Waals surface area contributed by atoms with Crippen LogP contribution in [0, 0.1) is 0 Å². The fourth-order valence-electron chi connectivity index (χ4n) is 0.658. The molecule has 0 amide bonds. The molecule has 2 aromatic rings. The second-order valence-electron chi connectivity index (χ2n) is 1.68. The minimum Gasteiger partial charge on any atom is -0.421 e. The summed E-state index contributed by atoms with van der Waals surface area (Å²) in [7, 11) is 0. The van der Waals surface area contributed by atoms with Crippen molar-refractivity contribution in [1.82, 2.24) is 20.2 Å². The number of aromatic amines is 1. The number of rotatable bonds is 1. The highest BCUT2D eigenvalue weighted by atomic mass is 16.4. The van der Waals surface area contributed by atoms with Crippen LogP contribution in [0.2, 0.25) is 0 Å². The third-order valence-electron chi connectivity index (χ3n) is 1.06. The van der Waals surface area contributed by atoms with Gasteiger partial charge >= 0.3 is 0 Å². The second-order valence-corrected chi connectivity index (χ2v) is 1.68. The second kappa shape index (κ2) is 1.94. The highest BCUT2D eigenvalue weighted by Gasteiger charge is 2.02. The van der Waals surface area contributed by atoms with E-state index in [0.29, 0.717) is 11.7 Å². The molecule has 0 radical (unpaired) electrons. The van der Waals surface area contributed by atoms with Crippen molar-refractivity contribution in [2.45, 2.75) is 0 Å². The number of imidazole rings is 1. The molecule has 0 bridgehead atoms. The molecule has 0 aromatic carbocycles. The first-order chi connectivity index (χ1) is 4.97. The summed E-state index contributed by atoms with van der Waals surface area (Å²) in [5.41, 5.74) is 0. The molecular weight excluding hydrogens is 132 g/mol. The average Bonchev–Trinajstić information content (AvgIpc) is 2.59. The van der Waals surface area contributed by atoms with Crippen molar-refractivity contribution >= 4 is 0 Å². The fraction of sp³-hybridized carbons (Fsp3) is 0. The monoisotopic (exact) mass is 136 g/mol. The van der Waals surface area contributed by atoms with Gasteiger partial charge in [0.1, 0.15) is 0 Å². The fourth-order valence-corrected chi connectivity index (χ4v) is 0.658. The van der Waals surface area contributed by atoms with E-state index >= 15 is 0 Å². The largest absolute Gasteiger partial charge is 0.421 e. The lowest BCUT2D eigenvalue weighted by Crippen LogP contribution is -1.78. The SMILES string of the molecule is c1c[nH]c(-c2nnco2)n1. The number of nitrogens with one attached hydrogen (secondary N) is 1. The van der Waals surface area contributed by atoms with E-state index in [1.807, 2.05) is 0 Å². The Labute approximate surface area is 56.1 Å². The lowest BCUT2D eigenvalue weighted by Gasteiger charge is -1.81. The van der Waals surface area contributed by atoms with Crippen LogP contribution in [0.25, 0.3) is 11.7 Å². The first kappa shape index (κ1) is 5.16. The average molecular weight is 136 g/mol. The number of hydrogen-bond donors (Lipinski definition) is 1. The van der Waals surface area contributed by atoms with E-state index in [1.165, 1.54) is 6.39 Å². The van der Waals surface area contributed by atoms with Gasteiger partial charge in [-0.25, -0.2) is 4.98 Å². The lowest BCUT2D eigenvalue weighted by atomic mass is 10.6. The van der Waals surface area contributed by atoms with Gasteiger partial charge in [-0.15, -0.1) is 10.2 Å². The van der Waals surface area contributed by atoms with Gasteiger partial charge in [0.25, 0.3) is 5.89 Å². The molecule has 0 unspecified atom stereocenters. The summed E-state index contributed by atoms with van der Waals surface area (Å²) in [6.07, 6.45) is 4.58. The van der Waals surface area contributed by atoms with Crippen molar-refractivity contribution in [3.8, 4) is 11.7 Å². The Hall–Kier alpha value is -1.65. The minimum absolute atomic E-state index is 0.407. The van der Waals surface area contributed by atoms with Crippen LogP contribution in [-0.2, 0) is 0 Å². The van der Waals surface area contributed by atoms with Crippen molar-refractivity contribution in [3.63, 3.8) is 0 Å². The van der Waals surface area contributed by atoms with Gasteiger partial charge < -0.3 is 9.40 Å². The predicted molar refractivity (Wildman–Crippen MR) is 31.9 cm³/mol. The summed E-state index contributed by atoms with van der Waals surface area (Å²) in [6, 6.07) is 0. The maximum Gasteiger partial charge on any atom is 0.283 e. The topological polar surface area (TPSA) is 67.6 Å². The van der Waals surface area contributed by atoms with Crippen LogP contribution in [0.4, 0.5) is 0 Å². The van der Waals surface area contributed by atoms with Crippen LogP contribution in [0.1, 0.15) is 0 Å². The van der Waals surface area contributed by atoms with E-state index in [0.717, 1.165) is 0 Å². The highest BCUT2D eigenvalue weighted by Crippen LogP contribution is 2.07. The predicted octanol–water partition coefficient (Wildman–Crippen LogP) is 0.460. The quantitative estimate of drug-likeness (QED) is 0.618. The first-order valence-electron chi connectivity index (χ1n) is 2.73. The van der Waals surface area contributed by atoms with Crippen molar-refractivity contribution < 1.29 is 4.42 Å². The van der Waals surface area contributed by atoms with Gasteiger partial charge in [0, 0.05) is 12.4 Å². The Kier molecular flexibility index (Phi) is 1.00. The van der Waals surface area contributed by atoms with E-state index in [4.69, 9.17) is 4.42 Å². The number of nitrogens with zero attached hydrogens (tertiary/aromatic N) is 3. The molecule has 0 fully saturated rings. The summed E-state index contributed by atoms with van der Waals surface area (Å²) in [6.45, 7) is 0. The molecule has 5 heteroatoms. The highest BCUT2D eigenvalue weighted by molar-refractivity contribution is 5.37. The summed E-state index contributed by atoms with van der Waals surface area (Å²) >= 11 is 0. The summed E-state index contributed by atoms with van der Waals surface area (Å²) in [5.74, 6) is 1.00. The molecule has 0 spiro atoms. The molecule has 2 heterocycles. The third kappa shape index (κ3) is 0.680. The van der Waals surface area contributed by atoms with Crippen molar-refractivity contribution in [3.05, 3.63) is 18.8 Å². The Balaban J connectivity index is 2.48. The molecule has 0 atom stereocenters. The van der Waals surface area contributed by atoms with Crippen LogP contribution >= 0.6 is 0 Å². The van der Waals surface area contributed by atoms with Gasteiger partial charge in [0.15, 0.2) is 5.82 Å². The summed E-state index contributed by atoms with van der Waals surface area (Å²) in [5, 5.41) is 7.15. The molecule has 0 saturated heterocycles. The maximum atomic E-state index is 4.86. The lowest BCUT2D eigenvalue weighted by molar-refractivity contribution is 0.564. The Morgan fingerprint density at radius 3 is 3.10 bits per heavy atom. The minimum atomic E-state index is 0.407. The number of hydrogen-bond acceptors (Lipinski definition) is 4. The summed E-state index contributed by atoms with van der Waals surface area (Å²) < 4.78 is 4.86. The van der Waals surface area contributed by atoms with Gasteiger partial charge in [0.05, 0.1) is 0 Å². The zero-order chi connectivity index (χ0) is 6.81. The van der Waals surface area contributed by atoms with Gasteiger partial charge in [-0.1, -0.05) is 0 Å². The Morgan fingerprint density at radius 2 is 2.50 bits per heavy atom. The zero-order valence-corrected chi connectivity index (χ0v) is 4.98. The van der Waals surface area contributed by atoms with E-state index in [2.05, 4.69) is 20.2 Å². The molecular formula is C5H4N4O. The van der Waals surface area contributed by atoms with Crippen LogP contribution in [0.15, 0.2) is 23.2 Å². The molecule has 0 aliphatic carbocycles. The van der Waals surface area contributed by atoms with Crippen molar-refractivity contribution in [2.75, 3.05) is 0 Å². The van der Waals surface area contributed by atoms with Crippen LogP contribution in [-0.4, -0.2) is 20.2 Å². The molecule has 0 aliphatic rings. The van der Waals surface area contributed by atoms with Crippen LogP contribution < -0.4 is 0 Å². The molecule has 0 aliphatic heterocycles. The number of aromatic nitrogens is 4. The summed E-state index contributed by atoms with van der Waals surface area (Å²) in [4.78, 5) is 6.74. The molecule has 2 rings (SSSR count).